The molecular formula is C9H12O3. The molecule has 0 aliphatic rings. The van der Waals surface area contributed by atoms with E-state index in [-0.39, 0.29) is 11.3 Å². The molecule has 0 aliphatic heterocycles. The van der Waals surface area contributed by atoms with Gasteiger partial charge in [0.2, 0.25) is 0 Å². The summed E-state index contributed by atoms with van der Waals surface area (Å²) in [5.41, 5.74) is 2.01. The lowest BCUT2D eigenvalue weighted by atomic mass is 10.1. The van der Waals surface area contributed by atoms with Crippen molar-refractivity contribution in [2.75, 3.05) is 0 Å². The maximum Gasteiger partial charge on any atom is 0.182 e. The highest BCUT2D eigenvalue weighted by molar-refractivity contribution is 5.41. The monoisotopic (exact) mass is 168 g/mol. The second kappa shape index (κ2) is 3.13. The Labute approximate surface area is 70.9 Å². The first-order valence-electron chi connectivity index (χ1n) is 3.68. The van der Waals surface area contributed by atoms with Crippen molar-refractivity contribution in [1.29, 1.82) is 0 Å². The van der Waals surface area contributed by atoms with E-state index in [1.165, 1.54) is 6.07 Å². The average molecular weight is 168 g/mol. The summed E-state index contributed by atoms with van der Waals surface area (Å²) in [5.74, 6) is -0.0758. The minimum absolute atomic E-state index is 0.0758. The van der Waals surface area contributed by atoms with E-state index < -0.39 is 6.29 Å². The third kappa shape index (κ3) is 1.57. The highest BCUT2D eigenvalue weighted by Gasteiger charge is 2.09. The molecule has 3 nitrogen and oxygen atoms in total. The van der Waals surface area contributed by atoms with Gasteiger partial charge in [-0.05, 0) is 37.1 Å². The van der Waals surface area contributed by atoms with Crippen molar-refractivity contribution in [2.24, 2.45) is 0 Å². The predicted molar refractivity (Wildman–Crippen MR) is 44.8 cm³/mol. The Hall–Kier alpha value is -1.06. The van der Waals surface area contributed by atoms with E-state index in [2.05, 4.69) is 0 Å². The number of rotatable bonds is 1. The number of aliphatic hydroxyl groups excluding tert-OH is 1. The Balaban J connectivity index is 3.23. The number of hydrogen-bond acceptors (Lipinski definition) is 3. The zero-order valence-electron chi connectivity index (χ0n) is 7.07. The Bertz CT molecular complexity index is 292. The maximum atomic E-state index is 9.27. The van der Waals surface area contributed by atoms with E-state index in [4.69, 9.17) is 10.2 Å². The molecule has 0 spiro atoms. The molecular weight excluding hydrogens is 156 g/mol. The normalized spacial score (nSPS) is 10.8. The van der Waals surface area contributed by atoms with Crippen LogP contribution in [-0.2, 0) is 0 Å². The molecule has 0 aromatic heterocycles. The molecule has 0 bridgehead atoms. The molecule has 66 valence electrons. The van der Waals surface area contributed by atoms with Crippen molar-refractivity contribution >= 4 is 0 Å². The van der Waals surface area contributed by atoms with Crippen LogP contribution in [0.2, 0.25) is 0 Å². The van der Waals surface area contributed by atoms with Crippen LogP contribution in [0.1, 0.15) is 23.0 Å². The summed E-state index contributed by atoms with van der Waals surface area (Å²) >= 11 is 0. The summed E-state index contributed by atoms with van der Waals surface area (Å²) in [5, 5.41) is 26.9. The zero-order chi connectivity index (χ0) is 9.30. The molecule has 1 aromatic rings. The summed E-state index contributed by atoms with van der Waals surface area (Å²) in [6, 6.07) is 3.08. The molecule has 3 heteroatoms. The first kappa shape index (κ1) is 9.03. The van der Waals surface area contributed by atoms with Gasteiger partial charge in [0.1, 0.15) is 5.75 Å². The molecule has 1 rings (SSSR count). The molecule has 0 saturated carbocycles. The van der Waals surface area contributed by atoms with Crippen LogP contribution in [0, 0.1) is 13.8 Å². The topological polar surface area (TPSA) is 60.7 Å². The number of benzene rings is 1. The fraction of sp³-hybridized carbons (Fsp3) is 0.333. The third-order valence-electron chi connectivity index (χ3n) is 1.92. The van der Waals surface area contributed by atoms with E-state index in [1.54, 1.807) is 6.07 Å². The second-order valence-corrected chi connectivity index (χ2v) is 2.87. The lowest BCUT2D eigenvalue weighted by molar-refractivity contribution is -0.0439. The standard InChI is InChI=1S/C9H12O3/c1-5-3-7(9(11)12)8(10)4-6(5)2/h3-4,9-12H,1-2H3. The largest absolute Gasteiger partial charge is 0.507 e. The number of phenolic OH excluding ortho intramolecular Hbond substituents is 1. The predicted octanol–water partition coefficient (Wildman–Crippen LogP) is 0.992. The summed E-state index contributed by atoms with van der Waals surface area (Å²) < 4.78 is 0. The number of hydrogen-bond donors (Lipinski definition) is 3. The van der Waals surface area contributed by atoms with E-state index in [0.717, 1.165) is 11.1 Å². The maximum absolute atomic E-state index is 9.27. The quantitative estimate of drug-likeness (QED) is 0.548. The van der Waals surface area contributed by atoms with Gasteiger partial charge in [0.25, 0.3) is 0 Å². The van der Waals surface area contributed by atoms with Crippen LogP contribution in [0.5, 0.6) is 5.75 Å². The summed E-state index contributed by atoms with van der Waals surface area (Å²) in [4.78, 5) is 0. The van der Waals surface area contributed by atoms with Crippen LogP contribution >= 0.6 is 0 Å². The molecule has 0 radical (unpaired) electrons. The van der Waals surface area contributed by atoms with Gasteiger partial charge >= 0.3 is 0 Å². The van der Waals surface area contributed by atoms with Gasteiger partial charge in [-0.2, -0.15) is 0 Å². The Morgan fingerprint density at radius 3 is 2.08 bits per heavy atom. The lowest BCUT2D eigenvalue weighted by Gasteiger charge is -2.09. The number of aliphatic hydroxyl groups is 2. The fourth-order valence-electron chi connectivity index (χ4n) is 1.03. The summed E-state index contributed by atoms with van der Waals surface area (Å²) in [7, 11) is 0. The fourth-order valence-corrected chi connectivity index (χ4v) is 1.03. The Morgan fingerprint density at radius 2 is 1.58 bits per heavy atom. The first-order chi connectivity index (χ1) is 5.52. The average Bonchev–Trinajstić information content (AvgIpc) is 1.96. The van der Waals surface area contributed by atoms with Crippen LogP contribution in [0.25, 0.3) is 0 Å². The molecule has 12 heavy (non-hydrogen) atoms. The first-order valence-corrected chi connectivity index (χ1v) is 3.68. The third-order valence-corrected chi connectivity index (χ3v) is 1.92. The van der Waals surface area contributed by atoms with Gasteiger partial charge in [-0.15, -0.1) is 0 Å². The number of phenols is 1. The van der Waals surface area contributed by atoms with E-state index in [9.17, 15) is 5.11 Å². The van der Waals surface area contributed by atoms with Crippen molar-refractivity contribution in [1.82, 2.24) is 0 Å². The smallest absolute Gasteiger partial charge is 0.182 e. The van der Waals surface area contributed by atoms with Crippen molar-refractivity contribution in [3.8, 4) is 5.75 Å². The highest BCUT2D eigenvalue weighted by atomic mass is 16.5. The van der Waals surface area contributed by atoms with Gasteiger partial charge in [-0.25, -0.2) is 0 Å². The van der Waals surface area contributed by atoms with Gasteiger partial charge in [0, 0.05) is 5.56 Å². The van der Waals surface area contributed by atoms with Gasteiger partial charge in [-0.3, -0.25) is 0 Å². The molecule has 0 amide bonds. The minimum Gasteiger partial charge on any atom is -0.507 e. The van der Waals surface area contributed by atoms with E-state index >= 15 is 0 Å². The van der Waals surface area contributed by atoms with Gasteiger partial charge in [-0.1, -0.05) is 0 Å². The Kier molecular flexibility index (Phi) is 2.35. The highest BCUT2D eigenvalue weighted by Crippen LogP contribution is 2.25. The molecule has 0 aliphatic carbocycles. The zero-order valence-corrected chi connectivity index (χ0v) is 7.07. The molecule has 1 aromatic carbocycles. The van der Waals surface area contributed by atoms with Crippen LogP contribution in [0.3, 0.4) is 0 Å². The Morgan fingerprint density at radius 1 is 1.08 bits per heavy atom. The molecule has 0 saturated heterocycles. The van der Waals surface area contributed by atoms with Crippen LogP contribution in [0.4, 0.5) is 0 Å². The number of aryl methyl sites for hydroxylation is 2. The van der Waals surface area contributed by atoms with Crippen LogP contribution in [-0.4, -0.2) is 15.3 Å². The molecule has 0 unspecified atom stereocenters. The van der Waals surface area contributed by atoms with Crippen molar-refractivity contribution < 1.29 is 15.3 Å². The second-order valence-electron chi connectivity index (χ2n) is 2.87. The van der Waals surface area contributed by atoms with Gasteiger partial charge in [0.15, 0.2) is 6.29 Å². The summed E-state index contributed by atoms with van der Waals surface area (Å²) in [6.45, 7) is 3.70. The van der Waals surface area contributed by atoms with E-state index in [0.29, 0.717) is 0 Å². The minimum atomic E-state index is -1.61. The lowest BCUT2D eigenvalue weighted by Crippen LogP contribution is -1.96. The van der Waals surface area contributed by atoms with E-state index in [1.807, 2.05) is 13.8 Å². The van der Waals surface area contributed by atoms with Crippen LogP contribution in [0.15, 0.2) is 12.1 Å². The van der Waals surface area contributed by atoms with Gasteiger partial charge < -0.3 is 15.3 Å². The SMILES string of the molecule is Cc1cc(O)c(C(O)O)cc1C. The van der Waals surface area contributed by atoms with Crippen molar-refractivity contribution in [3.05, 3.63) is 28.8 Å². The molecule has 0 heterocycles. The molecule has 3 N–H and O–H groups in total. The van der Waals surface area contributed by atoms with Crippen LogP contribution < -0.4 is 0 Å². The van der Waals surface area contributed by atoms with Gasteiger partial charge in [0.05, 0.1) is 0 Å². The van der Waals surface area contributed by atoms with Crippen molar-refractivity contribution in [2.45, 2.75) is 20.1 Å². The van der Waals surface area contributed by atoms with Crippen molar-refractivity contribution in [3.63, 3.8) is 0 Å². The molecule has 0 fully saturated rings. The number of aromatic hydroxyl groups is 1. The molecule has 0 atom stereocenters. The summed E-state index contributed by atoms with van der Waals surface area (Å²) in [6.07, 6.45) is -1.61.